The van der Waals surface area contributed by atoms with Gasteiger partial charge in [0.05, 0.1) is 0 Å². The van der Waals surface area contributed by atoms with Crippen LogP contribution in [-0.2, 0) is 6.54 Å². The van der Waals surface area contributed by atoms with Crippen molar-refractivity contribution in [2.45, 2.75) is 44.0 Å². The van der Waals surface area contributed by atoms with Crippen molar-refractivity contribution in [3.05, 3.63) is 36.2 Å². The maximum atomic E-state index is 4.37. The molecule has 1 fully saturated rings. The van der Waals surface area contributed by atoms with E-state index >= 15 is 0 Å². The predicted molar refractivity (Wildman–Crippen MR) is 120 cm³/mol. The van der Waals surface area contributed by atoms with Gasteiger partial charge in [0.1, 0.15) is 6.33 Å². The van der Waals surface area contributed by atoms with Crippen molar-refractivity contribution in [1.29, 1.82) is 0 Å². The number of benzene rings is 1. The monoisotopic (exact) mass is 486 g/mol. The van der Waals surface area contributed by atoms with E-state index in [1.165, 1.54) is 36.9 Å². The van der Waals surface area contributed by atoms with Crippen molar-refractivity contribution in [1.82, 2.24) is 25.8 Å². The number of rotatable bonds is 6. The molecule has 6 nitrogen and oxygen atoms in total. The molecule has 142 valence electrons. The largest absolute Gasteiger partial charge is 0.354 e. The van der Waals surface area contributed by atoms with Crippen molar-refractivity contribution >= 4 is 41.7 Å². The van der Waals surface area contributed by atoms with Gasteiger partial charge in [-0.05, 0) is 36.6 Å². The smallest absolute Gasteiger partial charge is 0.191 e. The van der Waals surface area contributed by atoms with Crippen LogP contribution >= 0.6 is 35.7 Å². The van der Waals surface area contributed by atoms with Gasteiger partial charge in [-0.25, -0.2) is 4.98 Å². The van der Waals surface area contributed by atoms with E-state index in [9.17, 15) is 0 Å². The molecule has 1 aliphatic rings. The summed E-state index contributed by atoms with van der Waals surface area (Å²) in [5.74, 6) is 2.86. The van der Waals surface area contributed by atoms with Crippen LogP contribution in [0.1, 0.15) is 31.7 Å². The third kappa shape index (κ3) is 5.87. The van der Waals surface area contributed by atoms with Gasteiger partial charge in [0.15, 0.2) is 11.8 Å². The minimum absolute atomic E-state index is 0. The molecule has 1 heterocycles. The average Bonchev–Trinajstić information content (AvgIpc) is 3.31. The molecule has 1 saturated carbocycles. The molecule has 0 aliphatic heterocycles. The Morgan fingerprint density at radius 2 is 2.27 bits per heavy atom. The standard InChI is InChI=1S/C18H26N6S.HI/c1-3-25-16-8-7-15(10-16)23-18(19-2)20-11-13-5-4-6-14(9-13)17-21-12-22-24-17;/h4-6,9,12,15-16H,3,7-8,10-11H2,1-2H3,(H2,19,20,23)(H,21,22,24);1H. The number of aromatic amines is 1. The normalized spacial score (nSPS) is 19.8. The van der Waals surface area contributed by atoms with Gasteiger partial charge in [-0.1, -0.05) is 25.1 Å². The van der Waals surface area contributed by atoms with E-state index in [4.69, 9.17) is 0 Å². The molecule has 0 bridgehead atoms. The number of aromatic nitrogens is 3. The third-order valence-corrected chi connectivity index (χ3v) is 5.66. The third-order valence-electron chi connectivity index (χ3n) is 4.43. The Morgan fingerprint density at radius 3 is 3.00 bits per heavy atom. The Balaban J connectivity index is 0.00000243. The van der Waals surface area contributed by atoms with Crippen LogP contribution in [0.3, 0.4) is 0 Å². The van der Waals surface area contributed by atoms with E-state index in [1.807, 2.05) is 19.2 Å². The lowest BCUT2D eigenvalue weighted by molar-refractivity contribution is 0.614. The number of aliphatic imine (C=N–C) groups is 1. The van der Waals surface area contributed by atoms with Gasteiger partial charge in [-0.15, -0.1) is 24.0 Å². The number of thioether (sulfide) groups is 1. The summed E-state index contributed by atoms with van der Waals surface area (Å²) in [5.41, 5.74) is 2.22. The van der Waals surface area contributed by atoms with Crippen molar-refractivity contribution in [3.8, 4) is 11.4 Å². The summed E-state index contributed by atoms with van der Waals surface area (Å²) in [6, 6.07) is 8.81. The van der Waals surface area contributed by atoms with Crippen LogP contribution < -0.4 is 10.6 Å². The number of nitrogens with one attached hydrogen (secondary N) is 3. The lowest BCUT2D eigenvalue weighted by atomic mass is 10.1. The quantitative estimate of drug-likeness (QED) is 0.332. The molecular weight excluding hydrogens is 459 g/mol. The summed E-state index contributed by atoms with van der Waals surface area (Å²) in [6.45, 7) is 2.96. The fraction of sp³-hybridized carbons (Fsp3) is 0.500. The Hall–Kier alpha value is -1.29. The van der Waals surface area contributed by atoms with Crippen LogP contribution in [0.2, 0.25) is 0 Å². The second kappa shape index (κ2) is 10.8. The van der Waals surface area contributed by atoms with Crippen LogP contribution in [0.5, 0.6) is 0 Å². The van der Waals surface area contributed by atoms with Crippen LogP contribution in [0.4, 0.5) is 0 Å². The van der Waals surface area contributed by atoms with E-state index in [0.717, 1.165) is 29.1 Å². The van der Waals surface area contributed by atoms with Gasteiger partial charge >= 0.3 is 0 Å². The number of halogens is 1. The first-order chi connectivity index (χ1) is 12.3. The van der Waals surface area contributed by atoms with Crippen LogP contribution in [0.25, 0.3) is 11.4 Å². The average molecular weight is 486 g/mol. The number of nitrogens with zero attached hydrogens (tertiary/aromatic N) is 3. The zero-order valence-corrected chi connectivity index (χ0v) is 18.4. The molecule has 1 aromatic heterocycles. The summed E-state index contributed by atoms with van der Waals surface area (Å²) in [4.78, 5) is 8.57. The Bertz CT molecular complexity index is 691. The summed E-state index contributed by atoms with van der Waals surface area (Å²) < 4.78 is 0. The van der Waals surface area contributed by atoms with Gasteiger partial charge in [0.25, 0.3) is 0 Å². The minimum atomic E-state index is 0. The summed E-state index contributed by atoms with van der Waals surface area (Å²) in [7, 11) is 1.83. The van der Waals surface area contributed by atoms with Gasteiger partial charge in [0.2, 0.25) is 0 Å². The van der Waals surface area contributed by atoms with Crippen molar-refractivity contribution in [2.24, 2.45) is 4.99 Å². The summed E-state index contributed by atoms with van der Waals surface area (Å²) in [6.07, 6.45) is 5.27. The molecule has 2 atom stereocenters. The number of hydrogen-bond donors (Lipinski definition) is 3. The van der Waals surface area contributed by atoms with Gasteiger partial charge in [0, 0.05) is 30.4 Å². The molecule has 8 heteroatoms. The molecule has 26 heavy (non-hydrogen) atoms. The Kier molecular flexibility index (Phi) is 8.70. The minimum Gasteiger partial charge on any atom is -0.354 e. The SMILES string of the molecule is CCSC1CCC(NC(=NC)NCc2cccc(-c3ncn[nH]3)c2)C1.I. The Morgan fingerprint density at radius 1 is 1.38 bits per heavy atom. The van der Waals surface area contributed by atoms with E-state index in [-0.39, 0.29) is 24.0 Å². The molecule has 2 unspecified atom stereocenters. The topological polar surface area (TPSA) is 78.0 Å². The fourth-order valence-electron chi connectivity index (χ4n) is 3.21. The van der Waals surface area contributed by atoms with Crippen LogP contribution in [-0.4, -0.2) is 45.2 Å². The molecule has 3 N–H and O–H groups in total. The highest BCUT2D eigenvalue weighted by atomic mass is 127. The predicted octanol–water partition coefficient (Wildman–Crippen LogP) is 3.43. The highest BCUT2D eigenvalue weighted by Crippen LogP contribution is 2.29. The Labute approximate surface area is 176 Å². The van der Waals surface area contributed by atoms with E-state index in [2.05, 4.69) is 61.6 Å². The molecule has 0 amide bonds. The summed E-state index contributed by atoms with van der Waals surface area (Å²) in [5, 5.41) is 14.6. The molecule has 0 radical (unpaired) electrons. The molecule has 2 aromatic rings. The molecule has 1 aromatic carbocycles. The second-order valence-corrected chi connectivity index (χ2v) is 7.77. The number of guanidine groups is 1. The first-order valence-corrected chi connectivity index (χ1v) is 9.86. The van der Waals surface area contributed by atoms with Crippen molar-refractivity contribution < 1.29 is 0 Å². The first-order valence-electron chi connectivity index (χ1n) is 8.82. The van der Waals surface area contributed by atoms with Gasteiger partial charge < -0.3 is 10.6 Å². The second-order valence-electron chi connectivity index (χ2n) is 6.19. The zero-order valence-electron chi connectivity index (χ0n) is 15.2. The fourth-order valence-corrected chi connectivity index (χ4v) is 4.35. The highest BCUT2D eigenvalue weighted by Gasteiger charge is 2.25. The molecular formula is C18H27IN6S. The van der Waals surface area contributed by atoms with Crippen molar-refractivity contribution in [3.63, 3.8) is 0 Å². The van der Waals surface area contributed by atoms with Crippen LogP contribution in [0, 0.1) is 0 Å². The highest BCUT2D eigenvalue weighted by molar-refractivity contribution is 14.0. The molecule has 3 rings (SSSR count). The van der Waals surface area contributed by atoms with E-state index in [0.29, 0.717) is 6.04 Å². The first kappa shape index (κ1) is 21.0. The van der Waals surface area contributed by atoms with Crippen molar-refractivity contribution in [2.75, 3.05) is 12.8 Å². The molecule has 1 aliphatic carbocycles. The van der Waals surface area contributed by atoms with Gasteiger partial charge in [-0.2, -0.15) is 16.9 Å². The summed E-state index contributed by atoms with van der Waals surface area (Å²) >= 11 is 2.07. The zero-order chi connectivity index (χ0) is 17.5. The van der Waals surface area contributed by atoms with E-state index < -0.39 is 0 Å². The molecule has 0 spiro atoms. The lowest BCUT2D eigenvalue weighted by Gasteiger charge is -2.17. The maximum Gasteiger partial charge on any atom is 0.191 e. The van der Waals surface area contributed by atoms with Gasteiger partial charge in [-0.3, -0.25) is 10.1 Å². The number of hydrogen-bond acceptors (Lipinski definition) is 4. The molecule has 0 saturated heterocycles. The van der Waals surface area contributed by atoms with Crippen LogP contribution in [0.15, 0.2) is 35.6 Å². The van der Waals surface area contributed by atoms with E-state index in [1.54, 1.807) is 0 Å². The maximum absolute atomic E-state index is 4.37. The number of H-pyrrole nitrogens is 1. The lowest BCUT2D eigenvalue weighted by Crippen LogP contribution is -2.42.